The third-order valence-electron chi connectivity index (χ3n) is 7.40. The van der Waals surface area contributed by atoms with E-state index in [2.05, 4.69) is 30.6 Å². The molecule has 0 radical (unpaired) electrons. The van der Waals surface area contributed by atoms with Crippen LogP contribution in [0.3, 0.4) is 0 Å². The lowest BCUT2D eigenvalue weighted by Crippen LogP contribution is -2.43. The monoisotopic (exact) mass is 544 g/mol. The van der Waals surface area contributed by atoms with Crippen LogP contribution in [-0.2, 0) is 5.41 Å². The highest BCUT2D eigenvalue weighted by molar-refractivity contribution is 5.95. The van der Waals surface area contributed by atoms with Crippen LogP contribution >= 0.6 is 0 Å². The zero-order valence-corrected chi connectivity index (χ0v) is 23.9. The minimum Gasteiger partial charge on any atom is -0.341 e. The van der Waals surface area contributed by atoms with Gasteiger partial charge in [0.25, 0.3) is 0 Å². The lowest BCUT2D eigenvalue weighted by atomic mass is 9.89. The van der Waals surface area contributed by atoms with Crippen molar-refractivity contribution in [2.45, 2.75) is 57.9 Å². The van der Waals surface area contributed by atoms with Crippen LogP contribution in [0.1, 0.15) is 80.3 Å². The molecule has 0 spiro atoms. The van der Waals surface area contributed by atoms with Gasteiger partial charge in [-0.1, -0.05) is 50.2 Å². The fourth-order valence-corrected chi connectivity index (χ4v) is 5.06. The molecule has 5 rings (SSSR count). The summed E-state index contributed by atoms with van der Waals surface area (Å²) in [6.07, 6.45) is 3.49. The van der Waals surface area contributed by atoms with E-state index >= 15 is 0 Å². The highest BCUT2D eigenvalue weighted by atomic mass is 16.5. The van der Waals surface area contributed by atoms with E-state index in [1.54, 1.807) is 25.2 Å². The van der Waals surface area contributed by atoms with E-state index in [0.717, 1.165) is 40.6 Å². The van der Waals surface area contributed by atoms with E-state index in [-0.39, 0.29) is 29.3 Å². The Hall–Kier alpha value is -4.28. The molecule has 1 fully saturated rings. The van der Waals surface area contributed by atoms with Crippen LogP contribution in [0, 0.1) is 0 Å². The second-order valence-corrected chi connectivity index (χ2v) is 11.6. The van der Waals surface area contributed by atoms with Gasteiger partial charge in [0.1, 0.15) is 0 Å². The molecule has 0 bridgehead atoms. The second-order valence-electron chi connectivity index (χ2n) is 11.6. The van der Waals surface area contributed by atoms with Crippen molar-refractivity contribution in [3.63, 3.8) is 0 Å². The first-order valence-electron chi connectivity index (χ1n) is 13.6. The van der Waals surface area contributed by atoms with Crippen LogP contribution in [0.15, 0.2) is 41.1 Å². The molecule has 4 heterocycles. The van der Waals surface area contributed by atoms with Gasteiger partial charge in [0.05, 0.1) is 11.4 Å². The number of likely N-dealkylation sites (tertiary alicyclic amines) is 1. The third-order valence-corrected chi connectivity index (χ3v) is 7.40. The molecular weight excluding hydrogens is 508 g/mol. The van der Waals surface area contributed by atoms with Gasteiger partial charge < -0.3 is 19.6 Å². The quantitative estimate of drug-likeness (QED) is 0.373. The molecule has 11 heteroatoms. The lowest BCUT2D eigenvalue weighted by molar-refractivity contribution is 0.0895. The summed E-state index contributed by atoms with van der Waals surface area (Å²) in [4.78, 5) is 37.3. The minimum atomic E-state index is -0.406. The maximum absolute atomic E-state index is 12.7. The standard InChI is InChI=1S/C29H36N8O3/c1-17(31-25(38)26-32-27(35-40-26)29(2,3)4)18-7-9-19(10-8-18)21-11-14-30-24-22(21)23(33-34-24)20-12-15-37(16-13-20)28(39)36(5)6/h7-11,14,17,20H,12-13,15-16H2,1-6H3,(H,31,38)(H,30,33,34). The molecule has 4 aromatic rings. The van der Waals surface area contributed by atoms with E-state index in [1.165, 1.54) is 0 Å². The van der Waals surface area contributed by atoms with E-state index in [1.807, 2.05) is 62.9 Å². The highest BCUT2D eigenvalue weighted by Gasteiger charge is 2.28. The molecule has 3 aromatic heterocycles. The van der Waals surface area contributed by atoms with Crippen LogP contribution in [0.4, 0.5) is 4.79 Å². The van der Waals surface area contributed by atoms with Crippen LogP contribution in [-0.4, -0.2) is 74.2 Å². The highest BCUT2D eigenvalue weighted by Crippen LogP contribution is 2.36. The molecule has 1 aliphatic rings. The van der Waals surface area contributed by atoms with Gasteiger partial charge >= 0.3 is 17.8 Å². The summed E-state index contributed by atoms with van der Waals surface area (Å²) in [6.45, 7) is 9.21. The second kappa shape index (κ2) is 10.7. The normalized spacial score (nSPS) is 15.3. The van der Waals surface area contributed by atoms with Crippen LogP contribution in [0.5, 0.6) is 0 Å². The zero-order valence-electron chi connectivity index (χ0n) is 23.9. The summed E-state index contributed by atoms with van der Waals surface area (Å²) < 4.78 is 5.18. The Labute approximate surface area is 233 Å². The van der Waals surface area contributed by atoms with E-state index < -0.39 is 5.91 Å². The number of aromatic amines is 1. The number of carbonyl (C=O) groups excluding carboxylic acids is 2. The summed E-state index contributed by atoms with van der Waals surface area (Å²) in [5.41, 5.74) is 4.46. The Balaban J connectivity index is 1.32. The Morgan fingerprint density at radius 3 is 2.45 bits per heavy atom. The number of H-pyrrole nitrogens is 1. The van der Waals surface area contributed by atoms with Crippen molar-refractivity contribution in [1.29, 1.82) is 0 Å². The number of carbonyl (C=O) groups is 2. The van der Waals surface area contributed by atoms with Crippen molar-refractivity contribution in [2.75, 3.05) is 27.2 Å². The van der Waals surface area contributed by atoms with Gasteiger partial charge in [-0.3, -0.25) is 9.89 Å². The predicted molar refractivity (Wildman–Crippen MR) is 151 cm³/mol. The first kappa shape index (κ1) is 27.3. The zero-order chi connectivity index (χ0) is 28.6. The Bertz CT molecular complexity index is 1510. The molecule has 210 valence electrons. The Morgan fingerprint density at radius 1 is 1.12 bits per heavy atom. The maximum Gasteiger partial charge on any atom is 0.319 e. The molecule has 0 aliphatic carbocycles. The number of nitrogens with zero attached hydrogens (tertiary/aromatic N) is 6. The largest absolute Gasteiger partial charge is 0.341 e. The number of aromatic nitrogens is 5. The van der Waals surface area contributed by atoms with Gasteiger partial charge in [-0.05, 0) is 42.5 Å². The topological polar surface area (TPSA) is 133 Å². The van der Waals surface area contributed by atoms with E-state index in [4.69, 9.17) is 4.52 Å². The van der Waals surface area contributed by atoms with Crippen molar-refractivity contribution in [3.05, 3.63) is 59.5 Å². The predicted octanol–water partition coefficient (Wildman–Crippen LogP) is 4.66. The molecule has 1 saturated heterocycles. The van der Waals surface area contributed by atoms with Crippen molar-refractivity contribution in [1.82, 2.24) is 40.4 Å². The molecule has 0 saturated carbocycles. The average molecular weight is 545 g/mol. The molecule has 1 atom stereocenters. The summed E-state index contributed by atoms with van der Waals surface area (Å²) in [7, 11) is 3.57. The van der Waals surface area contributed by atoms with Gasteiger partial charge in [-0.15, -0.1) is 0 Å². The molecule has 1 aromatic carbocycles. The summed E-state index contributed by atoms with van der Waals surface area (Å²) in [6, 6.07) is 9.90. The van der Waals surface area contributed by atoms with Gasteiger partial charge in [0, 0.05) is 50.4 Å². The van der Waals surface area contributed by atoms with E-state index in [9.17, 15) is 9.59 Å². The molecule has 3 amide bonds. The SMILES string of the molecule is CC(NC(=O)c1nc(C(C)(C)C)no1)c1ccc(-c2ccnc3n[nH]c(C4CCN(C(=O)N(C)C)CC4)c23)cc1. The molecule has 40 heavy (non-hydrogen) atoms. The summed E-state index contributed by atoms with van der Waals surface area (Å²) in [5.74, 6) is 0.301. The lowest BCUT2D eigenvalue weighted by Gasteiger charge is -2.33. The number of nitrogens with one attached hydrogen (secondary N) is 2. The minimum absolute atomic E-state index is 0.0445. The van der Waals surface area contributed by atoms with E-state index in [0.29, 0.717) is 24.6 Å². The number of rotatable bonds is 5. The van der Waals surface area contributed by atoms with Gasteiger partial charge in [-0.25, -0.2) is 9.78 Å². The molecule has 1 aliphatic heterocycles. The third kappa shape index (κ3) is 5.41. The fraction of sp³-hybridized carbons (Fsp3) is 0.448. The number of piperidine rings is 1. The van der Waals surface area contributed by atoms with Gasteiger partial charge in [0.2, 0.25) is 0 Å². The van der Waals surface area contributed by atoms with Gasteiger partial charge in [0.15, 0.2) is 11.5 Å². The number of fused-ring (bicyclic) bond motifs is 1. The Morgan fingerprint density at radius 2 is 1.82 bits per heavy atom. The average Bonchev–Trinajstić information content (AvgIpc) is 3.61. The fourth-order valence-electron chi connectivity index (χ4n) is 5.06. The maximum atomic E-state index is 12.7. The number of hydrogen-bond donors (Lipinski definition) is 2. The van der Waals surface area contributed by atoms with Crippen LogP contribution in [0.2, 0.25) is 0 Å². The molecule has 11 nitrogen and oxygen atoms in total. The van der Waals surface area contributed by atoms with Crippen LogP contribution < -0.4 is 5.32 Å². The molecule has 2 N–H and O–H groups in total. The van der Waals surface area contributed by atoms with Crippen molar-refractivity contribution in [2.24, 2.45) is 0 Å². The first-order chi connectivity index (χ1) is 19.0. The van der Waals surface area contributed by atoms with Crippen LogP contribution in [0.25, 0.3) is 22.2 Å². The number of amides is 3. The molecule has 1 unspecified atom stereocenters. The smallest absolute Gasteiger partial charge is 0.319 e. The summed E-state index contributed by atoms with van der Waals surface area (Å²) >= 11 is 0. The molecular formula is C29H36N8O3. The number of benzene rings is 1. The number of pyridine rings is 1. The van der Waals surface area contributed by atoms with Crippen molar-refractivity contribution in [3.8, 4) is 11.1 Å². The van der Waals surface area contributed by atoms with Crippen molar-refractivity contribution >= 4 is 23.0 Å². The number of hydrogen-bond acceptors (Lipinski definition) is 7. The first-order valence-corrected chi connectivity index (χ1v) is 13.6. The van der Waals surface area contributed by atoms with Gasteiger partial charge in [-0.2, -0.15) is 10.1 Å². The number of urea groups is 1. The Kier molecular flexibility index (Phi) is 7.31. The van der Waals surface area contributed by atoms with Crippen molar-refractivity contribution < 1.29 is 14.1 Å². The summed E-state index contributed by atoms with van der Waals surface area (Å²) in [5, 5.41) is 15.6.